The van der Waals surface area contributed by atoms with Crippen molar-refractivity contribution in [3.63, 3.8) is 0 Å². The molecule has 18 heavy (non-hydrogen) atoms. The molecule has 0 aliphatic carbocycles. The van der Waals surface area contributed by atoms with Crippen molar-refractivity contribution in [2.24, 2.45) is 11.8 Å². The van der Waals surface area contributed by atoms with E-state index < -0.39 is 23.8 Å². The Morgan fingerprint density at radius 2 is 1.61 bits per heavy atom. The van der Waals surface area contributed by atoms with E-state index in [1.54, 1.807) is 6.92 Å². The molecule has 0 aromatic carbocycles. The largest absolute Gasteiger partial charge is 0.414 e. The lowest BCUT2D eigenvalue weighted by molar-refractivity contribution is -0.218. The highest BCUT2D eigenvalue weighted by Gasteiger charge is 2.41. The lowest BCUT2D eigenvalue weighted by Gasteiger charge is -2.29. The molecular weight excluding hydrogens is 245 g/mol. The van der Waals surface area contributed by atoms with Crippen LogP contribution in [0.2, 0.25) is 0 Å². The Morgan fingerprint density at radius 1 is 1.11 bits per heavy atom. The fourth-order valence-corrected chi connectivity index (χ4v) is 1.89. The van der Waals surface area contributed by atoms with E-state index in [1.165, 1.54) is 6.92 Å². The summed E-state index contributed by atoms with van der Waals surface area (Å²) in [6.07, 6.45) is -4.62. The molecule has 0 aliphatic heterocycles. The fraction of sp³-hybridized carbons (Fsp3) is 1.00. The van der Waals surface area contributed by atoms with Crippen LogP contribution in [0.3, 0.4) is 0 Å². The summed E-state index contributed by atoms with van der Waals surface area (Å²) in [5.74, 6) is -0.762. The van der Waals surface area contributed by atoms with Gasteiger partial charge in [0.25, 0.3) is 0 Å². The summed E-state index contributed by atoms with van der Waals surface area (Å²) in [5, 5.41) is 19.0. The van der Waals surface area contributed by atoms with Crippen LogP contribution < -0.4 is 0 Å². The summed E-state index contributed by atoms with van der Waals surface area (Å²) in [7, 11) is 0. The summed E-state index contributed by atoms with van der Waals surface area (Å²) in [4.78, 5) is 0. The second-order valence-electron chi connectivity index (χ2n) is 5.51. The molecule has 3 unspecified atom stereocenters. The van der Waals surface area contributed by atoms with E-state index in [0.717, 1.165) is 0 Å². The van der Waals surface area contributed by atoms with Crippen molar-refractivity contribution in [2.45, 2.75) is 71.3 Å². The second-order valence-corrected chi connectivity index (χ2v) is 5.51. The number of hydrogen-bond donors (Lipinski definition) is 2. The molecule has 0 amide bonds. The molecule has 0 bridgehead atoms. The van der Waals surface area contributed by atoms with Crippen LogP contribution in [0.4, 0.5) is 13.2 Å². The van der Waals surface area contributed by atoms with Crippen LogP contribution in [0, 0.1) is 11.8 Å². The normalized spacial score (nSPS) is 21.2. The third kappa shape index (κ3) is 5.57. The molecule has 0 aromatic rings. The molecule has 2 nitrogen and oxygen atoms in total. The third-order valence-electron chi connectivity index (χ3n) is 3.95. The van der Waals surface area contributed by atoms with Gasteiger partial charge in [-0.3, -0.25) is 0 Å². The monoisotopic (exact) mass is 270 g/mol. The second kappa shape index (κ2) is 6.75. The van der Waals surface area contributed by atoms with Gasteiger partial charge in [0.15, 0.2) is 6.10 Å². The van der Waals surface area contributed by atoms with Crippen LogP contribution in [0.1, 0.15) is 53.4 Å². The van der Waals surface area contributed by atoms with Crippen LogP contribution in [0.15, 0.2) is 0 Å². The molecule has 0 aliphatic rings. The van der Waals surface area contributed by atoms with Gasteiger partial charge < -0.3 is 10.2 Å². The Morgan fingerprint density at radius 3 is 2.00 bits per heavy atom. The highest BCUT2D eigenvalue weighted by atomic mass is 19.4. The minimum absolute atomic E-state index is 0.0396. The van der Waals surface area contributed by atoms with Crippen molar-refractivity contribution in [1.29, 1.82) is 0 Å². The molecule has 0 saturated heterocycles. The summed E-state index contributed by atoms with van der Waals surface area (Å²) < 4.78 is 36.7. The van der Waals surface area contributed by atoms with Crippen molar-refractivity contribution in [1.82, 2.24) is 0 Å². The van der Waals surface area contributed by atoms with E-state index in [0.29, 0.717) is 25.7 Å². The smallest absolute Gasteiger partial charge is 0.390 e. The van der Waals surface area contributed by atoms with Crippen molar-refractivity contribution in [3.05, 3.63) is 0 Å². The van der Waals surface area contributed by atoms with Gasteiger partial charge in [0, 0.05) is 0 Å². The van der Waals surface area contributed by atoms with Gasteiger partial charge >= 0.3 is 6.18 Å². The SMILES string of the molecule is CCC(C)(O)C(C)CCC[C@H](C)C(O)C(F)(F)F. The molecule has 0 spiro atoms. The minimum atomic E-state index is -4.54. The van der Waals surface area contributed by atoms with Crippen molar-refractivity contribution in [2.75, 3.05) is 0 Å². The van der Waals surface area contributed by atoms with Crippen molar-refractivity contribution < 1.29 is 23.4 Å². The number of rotatable bonds is 7. The van der Waals surface area contributed by atoms with E-state index >= 15 is 0 Å². The van der Waals surface area contributed by atoms with Gasteiger partial charge in [0.2, 0.25) is 0 Å². The van der Waals surface area contributed by atoms with Crippen LogP contribution in [-0.4, -0.2) is 28.1 Å². The summed E-state index contributed by atoms with van der Waals surface area (Å²) in [5.41, 5.74) is -0.772. The van der Waals surface area contributed by atoms with E-state index in [4.69, 9.17) is 5.11 Å². The van der Waals surface area contributed by atoms with E-state index in [2.05, 4.69) is 0 Å². The number of alkyl halides is 3. The Bertz CT molecular complexity index is 239. The molecule has 2 N–H and O–H groups in total. The first kappa shape index (κ1) is 17.7. The maximum Gasteiger partial charge on any atom is 0.414 e. The maximum atomic E-state index is 12.2. The Kier molecular flexibility index (Phi) is 6.65. The molecule has 4 atom stereocenters. The number of aliphatic hydroxyl groups excluding tert-OH is 1. The Labute approximate surface area is 107 Å². The molecule has 0 rings (SSSR count). The van der Waals surface area contributed by atoms with E-state index in [-0.39, 0.29) is 5.92 Å². The van der Waals surface area contributed by atoms with Gasteiger partial charge in [-0.25, -0.2) is 0 Å². The lowest BCUT2D eigenvalue weighted by Crippen LogP contribution is -2.35. The first-order chi connectivity index (χ1) is 8.02. The quantitative estimate of drug-likeness (QED) is 0.743. The summed E-state index contributed by atoms with van der Waals surface area (Å²) in [6.45, 7) is 6.92. The lowest BCUT2D eigenvalue weighted by atomic mass is 9.83. The van der Waals surface area contributed by atoms with Crippen LogP contribution in [0.25, 0.3) is 0 Å². The summed E-state index contributed by atoms with van der Waals surface area (Å²) >= 11 is 0. The van der Waals surface area contributed by atoms with Crippen LogP contribution in [-0.2, 0) is 0 Å². The van der Waals surface area contributed by atoms with Gasteiger partial charge in [-0.15, -0.1) is 0 Å². The standard InChI is InChI=1S/C13H25F3O2/c1-5-12(4,18)10(3)8-6-7-9(2)11(17)13(14,15)16/h9-11,17-18H,5-8H2,1-4H3/t9-,10?,11?,12?/m0/s1. The van der Waals surface area contributed by atoms with Gasteiger partial charge in [-0.1, -0.05) is 27.2 Å². The van der Waals surface area contributed by atoms with Gasteiger partial charge in [-0.2, -0.15) is 13.2 Å². The Balaban J connectivity index is 4.06. The zero-order chi connectivity index (χ0) is 14.6. The van der Waals surface area contributed by atoms with Gasteiger partial charge in [0.1, 0.15) is 0 Å². The molecule has 0 fully saturated rings. The number of aliphatic hydroxyl groups is 2. The highest BCUT2D eigenvalue weighted by Crippen LogP contribution is 2.30. The average Bonchev–Trinajstić information content (AvgIpc) is 2.26. The molecule has 0 aromatic heterocycles. The van der Waals surface area contributed by atoms with Gasteiger partial charge in [0.05, 0.1) is 5.60 Å². The Hall–Kier alpha value is -0.290. The zero-order valence-corrected chi connectivity index (χ0v) is 11.6. The molecule has 5 heteroatoms. The number of hydrogen-bond acceptors (Lipinski definition) is 2. The summed E-state index contributed by atoms with van der Waals surface area (Å²) in [6, 6.07) is 0. The van der Waals surface area contributed by atoms with Crippen molar-refractivity contribution >= 4 is 0 Å². The minimum Gasteiger partial charge on any atom is -0.390 e. The maximum absolute atomic E-state index is 12.2. The van der Waals surface area contributed by atoms with Crippen LogP contribution >= 0.6 is 0 Å². The molecule has 0 heterocycles. The average molecular weight is 270 g/mol. The van der Waals surface area contributed by atoms with Crippen LogP contribution in [0.5, 0.6) is 0 Å². The highest BCUT2D eigenvalue weighted by molar-refractivity contribution is 4.78. The first-order valence-corrected chi connectivity index (χ1v) is 6.49. The first-order valence-electron chi connectivity index (χ1n) is 6.49. The van der Waals surface area contributed by atoms with E-state index in [1.807, 2.05) is 13.8 Å². The zero-order valence-electron chi connectivity index (χ0n) is 11.6. The number of halogens is 3. The molecule has 110 valence electrons. The molecular formula is C13H25F3O2. The van der Waals surface area contributed by atoms with Gasteiger partial charge in [-0.05, 0) is 38.0 Å². The fourth-order valence-electron chi connectivity index (χ4n) is 1.89. The third-order valence-corrected chi connectivity index (χ3v) is 3.95. The predicted molar refractivity (Wildman–Crippen MR) is 65.2 cm³/mol. The van der Waals surface area contributed by atoms with Crippen molar-refractivity contribution in [3.8, 4) is 0 Å². The molecule has 0 radical (unpaired) electrons. The molecule has 0 saturated carbocycles. The predicted octanol–water partition coefficient (Wildman–Crippen LogP) is 3.51. The van der Waals surface area contributed by atoms with E-state index in [9.17, 15) is 18.3 Å². The topological polar surface area (TPSA) is 40.5 Å².